The maximum atomic E-state index is 13.3. The number of ether oxygens (including phenoxy) is 1. The summed E-state index contributed by atoms with van der Waals surface area (Å²) in [6.45, 7) is 1.34. The van der Waals surface area contributed by atoms with Crippen LogP contribution < -0.4 is 0 Å². The standard InChI is InChI=1S/C22H20N2O3/c1-27-22(26)18-10-5-9-17(15-18)21(25)24-14-13-23-12-6-11-19(23)20(24)16-7-3-2-4-8-16/h2-12,15,20H,13-14H2,1H3. The number of amides is 1. The zero-order valence-electron chi connectivity index (χ0n) is 15.0. The molecule has 3 aromatic rings. The van der Waals surface area contributed by atoms with E-state index in [1.165, 1.54) is 7.11 Å². The number of carbonyl (C=O) groups excluding carboxylic acids is 2. The van der Waals surface area contributed by atoms with Gasteiger partial charge in [-0.1, -0.05) is 36.4 Å². The molecule has 0 fully saturated rings. The average Bonchev–Trinajstić information content (AvgIpc) is 3.21. The Kier molecular flexibility index (Phi) is 4.50. The van der Waals surface area contributed by atoms with Gasteiger partial charge in [0.25, 0.3) is 5.91 Å². The predicted molar refractivity (Wildman–Crippen MR) is 102 cm³/mol. The molecular weight excluding hydrogens is 340 g/mol. The van der Waals surface area contributed by atoms with Crippen LogP contribution in [0.2, 0.25) is 0 Å². The molecule has 2 aromatic carbocycles. The summed E-state index contributed by atoms with van der Waals surface area (Å²) < 4.78 is 6.96. The fourth-order valence-corrected chi connectivity index (χ4v) is 3.65. The quantitative estimate of drug-likeness (QED) is 0.672. The highest BCUT2D eigenvalue weighted by Gasteiger charge is 2.32. The highest BCUT2D eigenvalue weighted by atomic mass is 16.5. The number of hydrogen-bond donors (Lipinski definition) is 0. The van der Waals surface area contributed by atoms with Gasteiger partial charge in [0.15, 0.2) is 0 Å². The molecule has 0 N–H and O–H groups in total. The van der Waals surface area contributed by atoms with Gasteiger partial charge in [0.05, 0.1) is 18.7 Å². The Morgan fingerprint density at radius 3 is 2.48 bits per heavy atom. The third kappa shape index (κ3) is 3.12. The zero-order chi connectivity index (χ0) is 18.8. The van der Waals surface area contributed by atoms with Gasteiger partial charge in [0.2, 0.25) is 0 Å². The summed E-state index contributed by atoms with van der Waals surface area (Å²) in [5.41, 5.74) is 3.01. The molecule has 1 aromatic heterocycles. The topological polar surface area (TPSA) is 51.5 Å². The Hall–Kier alpha value is -3.34. The number of fused-ring (bicyclic) bond motifs is 1. The number of carbonyl (C=O) groups is 2. The third-order valence-corrected chi connectivity index (χ3v) is 4.95. The van der Waals surface area contributed by atoms with Crippen molar-refractivity contribution in [1.29, 1.82) is 0 Å². The van der Waals surface area contributed by atoms with Crippen molar-refractivity contribution in [3.63, 3.8) is 0 Å². The third-order valence-electron chi connectivity index (χ3n) is 4.95. The fraction of sp³-hybridized carbons (Fsp3) is 0.182. The Balaban J connectivity index is 1.74. The van der Waals surface area contributed by atoms with Gasteiger partial charge < -0.3 is 14.2 Å². The second-order valence-electron chi connectivity index (χ2n) is 6.51. The molecule has 0 saturated heterocycles. The van der Waals surface area contributed by atoms with E-state index in [-0.39, 0.29) is 11.9 Å². The number of methoxy groups -OCH3 is 1. The molecule has 0 radical (unpaired) electrons. The van der Waals surface area contributed by atoms with Crippen LogP contribution in [0.3, 0.4) is 0 Å². The normalized spacial score (nSPS) is 15.9. The fourth-order valence-electron chi connectivity index (χ4n) is 3.65. The van der Waals surface area contributed by atoms with Crippen LogP contribution in [0.1, 0.15) is 38.0 Å². The van der Waals surface area contributed by atoms with E-state index in [0.29, 0.717) is 17.7 Å². The summed E-state index contributed by atoms with van der Waals surface area (Å²) in [4.78, 5) is 27.0. The van der Waals surface area contributed by atoms with Gasteiger partial charge in [-0.25, -0.2) is 4.79 Å². The Bertz CT molecular complexity index is 978. The summed E-state index contributed by atoms with van der Waals surface area (Å²) in [6, 6.07) is 20.6. The van der Waals surface area contributed by atoms with Crippen molar-refractivity contribution < 1.29 is 14.3 Å². The molecule has 2 heterocycles. The van der Waals surface area contributed by atoms with Gasteiger partial charge in [0, 0.05) is 30.5 Å². The second kappa shape index (κ2) is 7.11. The van der Waals surface area contributed by atoms with E-state index in [2.05, 4.69) is 10.6 Å². The lowest BCUT2D eigenvalue weighted by Gasteiger charge is -2.37. The molecule has 1 aliphatic heterocycles. The average molecular weight is 360 g/mol. The minimum atomic E-state index is -0.447. The van der Waals surface area contributed by atoms with Crippen molar-refractivity contribution in [2.45, 2.75) is 12.6 Å². The minimum Gasteiger partial charge on any atom is -0.465 e. The van der Waals surface area contributed by atoms with Crippen LogP contribution in [0.5, 0.6) is 0 Å². The predicted octanol–water partition coefficient (Wildman–Crippen LogP) is 3.52. The lowest BCUT2D eigenvalue weighted by molar-refractivity contribution is 0.0600. The summed E-state index contributed by atoms with van der Waals surface area (Å²) in [7, 11) is 1.33. The summed E-state index contributed by atoms with van der Waals surface area (Å²) in [5, 5.41) is 0. The van der Waals surface area contributed by atoms with Crippen LogP contribution in [0.15, 0.2) is 72.9 Å². The molecule has 136 valence electrons. The SMILES string of the molecule is COC(=O)c1cccc(C(=O)N2CCn3cccc3C2c2ccccc2)c1. The maximum Gasteiger partial charge on any atom is 0.337 e. The van der Waals surface area contributed by atoms with E-state index in [4.69, 9.17) is 4.74 Å². The minimum absolute atomic E-state index is 0.0953. The van der Waals surface area contributed by atoms with Crippen molar-refractivity contribution in [3.05, 3.63) is 95.3 Å². The molecule has 5 nitrogen and oxygen atoms in total. The van der Waals surface area contributed by atoms with Gasteiger partial charge in [-0.05, 0) is 35.9 Å². The van der Waals surface area contributed by atoms with E-state index < -0.39 is 5.97 Å². The first-order valence-corrected chi connectivity index (χ1v) is 8.88. The van der Waals surface area contributed by atoms with E-state index in [0.717, 1.165) is 17.8 Å². The van der Waals surface area contributed by atoms with Gasteiger partial charge in [-0.15, -0.1) is 0 Å². The molecule has 1 aliphatic rings. The van der Waals surface area contributed by atoms with Crippen LogP contribution >= 0.6 is 0 Å². The number of nitrogens with zero attached hydrogens (tertiary/aromatic N) is 2. The van der Waals surface area contributed by atoms with E-state index in [1.807, 2.05) is 47.5 Å². The summed E-state index contributed by atoms with van der Waals surface area (Å²) in [5.74, 6) is -0.543. The van der Waals surface area contributed by atoms with Crippen molar-refractivity contribution in [3.8, 4) is 0 Å². The van der Waals surface area contributed by atoms with Crippen molar-refractivity contribution in [2.75, 3.05) is 13.7 Å². The lowest BCUT2D eigenvalue weighted by atomic mass is 9.98. The van der Waals surface area contributed by atoms with Crippen LogP contribution in [0, 0.1) is 0 Å². The highest BCUT2D eigenvalue weighted by molar-refractivity contribution is 5.98. The van der Waals surface area contributed by atoms with Crippen LogP contribution in [-0.2, 0) is 11.3 Å². The largest absolute Gasteiger partial charge is 0.465 e. The van der Waals surface area contributed by atoms with Crippen molar-refractivity contribution >= 4 is 11.9 Å². The molecule has 1 amide bonds. The Labute approximate surface area is 157 Å². The highest BCUT2D eigenvalue weighted by Crippen LogP contribution is 2.33. The molecule has 1 unspecified atom stereocenters. The van der Waals surface area contributed by atoms with Crippen LogP contribution in [0.25, 0.3) is 0 Å². The van der Waals surface area contributed by atoms with Crippen LogP contribution in [-0.4, -0.2) is 35.0 Å². The molecule has 1 atom stereocenters. The van der Waals surface area contributed by atoms with Gasteiger partial charge in [0.1, 0.15) is 0 Å². The van der Waals surface area contributed by atoms with Gasteiger partial charge in [-0.3, -0.25) is 4.79 Å². The zero-order valence-corrected chi connectivity index (χ0v) is 15.0. The molecule has 0 saturated carbocycles. The molecule has 5 heteroatoms. The van der Waals surface area contributed by atoms with Crippen molar-refractivity contribution in [1.82, 2.24) is 9.47 Å². The molecule has 0 spiro atoms. The number of esters is 1. The lowest BCUT2D eigenvalue weighted by Crippen LogP contribution is -2.42. The summed E-state index contributed by atoms with van der Waals surface area (Å²) >= 11 is 0. The Morgan fingerprint density at radius 1 is 0.926 bits per heavy atom. The smallest absolute Gasteiger partial charge is 0.337 e. The molecular formula is C22H20N2O3. The van der Waals surface area contributed by atoms with E-state index >= 15 is 0 Å². The molecule has 0 aliphatic carbocycles. The number of hydrogen-bond acceptors (Lipinski definition) is 3. The van der Waals surface area contributed by atoms with E-state index in [9.17, 15) is 9.59 Å². The number of aromatic nitrogens is 1. The first kappa shape index (κ1) is 17.1. The number of benzene rings is 2. The first-order valence-electron chi connectivity index (χ1n) is 8.88. The van der Waals surface area contributed by atoms with Gasteiger partial charge in [-0.2, -0.15) is 0 Å². The maximum absolute atomic E-state index is 13.3. The first-order chi connectivity index (χ1) is 13.2. The number of rotatable bonds is 3. The van der Waals surface area contributed by atoms with E-state index in [1.54, 1.807) is 24.3 Å². The monoisotopic (exact) mass is 360 g/mol. The van der Waals surface area contributed by atoms with Crippen molar-refractivity contribution in [2.24, 2.45) is 0 Å². The Morgan fingerprint density at radius 2 is 1.70 bits per heavy atom. The van der Waals surface area contributed by atoms with Crippen LogP contribution in [0.4, 0.5) is 0 Å². The molecule has 27 heavy (non-hydrogen) atoms. The molecule has 0 bridgehead atoms. The summed E-state index contributed by atoms with van der Waals surface area (Å²) in [6.07, 6.45) is 2.05. The van der Waals surface area contributed by atoms with Gasteiger partial charge >= 0.3 is 5.97 Å². The molecule has 4 rings (SSSR count). The second-order valence-corrected chi connectivity index (χ2v) is 6.51.